The minimum Gasteiger partial charge on any atom is -0.383 e. The molecular formula is C12H24N2O2. The summed E-state index contributed by atoms with van der Waals surface area (Å²) >= 11 is 0. The molecule has 0 aromatic heterocycles. The predicted molar refractivity (Wildman–Crippen MR) is 64.0 cm³/mol. The molecule has 1 aliphatic carbocycles. The van der Waals surface area contributed by atoms with E-state index in [0.717, 1.165) is 32.1 Å². The van der Waals surface area contributed by atoms with Crippen LogP contribution in [-0.2, 0) is 9.53 Å². The molecule has 16 heavy (non-hydrogen) atoms. The molecule has 0 heterocycles. The third-order valence-corrected chi connectivity index (χ3v) is 3.26. The molecule has 1 aliphatic rings. The monoisotopic (exact) mass is 228 g/mol. The number of hydrogen-bond acceptors (Lipinski definition) is 3. The Kier molecular flexibility index (Phi) is 5.77. The minimum absolute atomic E-state index is 0.0104. The molecule has 3 unspecified atom stereocenters. The van der Waals surface area contributed by atoms with Gasteiger partial charge in [-0.3, -0.25) is 4.79 Å². The first-order valence-electron chi connectivity index (χ1n) is 6.24. The fraction of sp³-hybridized carbons (Fsp3) is 0.917. The third-order valence-electron chi connectivity index (χ3n) is 3.26. The molecule has 0 spiro atoms. The van der Waals surface area contributed by atoms with Crippen LogP contribution in [0.15, 0.2) is 0 Å². The largest absolute Gasteiger partial charge is 0.383 e. The number of methoxy groups -OCH3 is 1. The van der Waals surface area contributed by atoms with E-state index >= 15 is 0 Å². The highest BCUT2D eigenvalue weighted by Crippen LogP contribution is 2.24. The van der Waals surface area contributed by atoms with Gasteiger partial charge in [0.1, 0.15) is 0 Å². The lowest BCUT2D eigenvalue weighted by atomic mass is 10.0. The SMILES string of the molecule is CCCC(COC)NC(=O)C1CCCC1N. The van der Waals surface area contributed by atoms with Crippen LogP contribution in [0.25, 0.3) is 0 Å². The maximum absolute atomic E-state index is 12.0. The van der Waals surface area contributed by atoms with Crippen molar-refractivity contribution in [1.82, 2.24) is 5.32 Å². The fourth-order valence-electron chi connectivity index (χ4n) is 2.37. The van der Waals surface area contributed by atoms with E-state index < -0.39 is 0 Å². The van der Waals surface area contributed by atoms with Crippen LogP contribution in [0.1, 0.15) is 39.0 Å². The highest BCUT2D eigenvalue weighted by molar-refractivity contribution is 5.80. The lowest BCUT2D eigenvalue weighted by molar-refractivity contribution is -0.126. The molecule has 1 amide bonds. The first-order chi connectivity index (χ1) is 7.69. The number of carbonyl (C=O) groups is 1. The van der Waals surface area contributed by atoms with Crippen molar-refractivity contribution in [2.24, 2.45) is 11.7 Å². The van der Waals surface area contributed by atoms with Gasteiger partial charge in [0.25, 0.3) is 0 Å². The molecule has 0 aromatic rings. The van der Waals surface area contributed by atoms with E-state index in [1.165, 1.54) is 0 Å². The van der Waals surface area contributed by atoms with Gasteiger partial charge in [-0.05, 0) is 19.3 Å². The molecular weight excluding hydrogens is 204 g/mol. The van der Waals surface area contributed by atoms with Gasteiger partial charge in [-0.2, -0.15) is 0 Å². The Bertz CT molecular complexity index is 215. The van der Waals surface area contributed by atoms with E-state index in [4.69, 9.17) is 10.5 Å². The van der Waals surface area contributed by atoms with Crippen LogP contribution in [0.4, 0.5) is 0 Å². The fourth-order valence-corrected chi connectivity index (χ4v) is 2.37. The number of carbonyl (C=O) groups excluding carboxylic acids is 1. The lowest BCUT2D eigenvalue weighted by Crippen LogP contribution is -2.45. The average Bonchev–Trinajstić information content (AvgIpc) is 2.65. The second-order valence-corrected chi connectivity index (χ2v) is 4.65. The second-order valence-electron chi connectivity index (χ2n) is 4.65. The summed E-state index contributed by atoms with van der Waals surface area (Å²) in [5, 5.41) is 3.05. The summed E-state index contributed by atoms with van der Waals surface area (Å²) in [7, 11) is 1.66. The molecule has 4 nitrogen and oxygen atoms in total. The summed E-state index contributed by atoms with van der Waals surface area (Å²) in [5.41, 5.74) is 5.91. The Balaban J connectivity index is 2.40. The van der Waals surface area contributed by atoms with Crippen LogP contribution in [0.2, 0.25) is 0 Å². The maximum Gasteiger partial charge on any atom is 0.224 e. The number of nitrogens with two attached hydrogens (primary N) is 1. The van der Waals surface area contributed by atoms with Gasteiger partial charge >= 0.3 is 0 Å². The van der Waals surface area contributed by atoms with Crippen molar-refractivity contribution in [2.75, 3.05) is 13.7 Å². The van der Waals surface area contributed by atoms with E-state index in [-0.39, 0.29) is 23.9 Å². The Labute approximate surface area is 97.9 Å². The third kappa shape index (κ3) is 3.76. The summed E-state index contributed by atoms with van der Waals surface area (Å²) in [5.74, 6) is 0.122. The van der Waals surface area contributed by atoms with E-state index in [1.54, 1.807) is 7.11 Å². The molecule has 94 valence electrons. The van der Waals surface area contributed by atoms with Gasteiger partial charge in [-0.15, -0.1) is 0 Å². The van der Waals surface area contributed by atoms with Gasteiger partial charge in [0.15, 0.2) is 0 Å². The first-order valence-corrected chi connectivity index (χ1v) is 6.24. The van der Waals surface area contributed by atoms with Crippen molar-refractivity contribution in [1.29, 1.82) is 0 Å². The van der Waals surface area contributed by atoms with Crippen molar-refractivity contribution < 1.29 is 9.53 Å². The molecule has 1 fully saturated rings. The van der Waals surface area contributed by atoms with E-state index in [9.17, 15) is 4.79 Å². The standard InChI is InChI=1S/C12H24N2O2/c1-3-5-9(8-16-2)14-12(15)10-6-4-7-11(10)13/h9-11H,3-8,13H2,1-2H3,(H,14,15). The lowest BCUT2D eigenvalue weighted by Gasteiger charge is -2.21. The Morgan fingerprint density at radius 2 is 2.31 bits per heavy atom. The molecule has 3 N–H and O–H groups in total. The Hall–Kier alpha value is -0.610. The van der Waals surface area contributed by atoms with Gasteiger partial charge in [0, 0.05) is 13.2 Å². The smallest absolute Gasteiger partial charge is 0.224 e. The van der Waals surface area contributed by atoms with Crippen molar-refractivity contribution in [3.8, 4) is 0 Å². The zero-order valence-corrected chi connectivity index (χ0v) is 10.4. The summed E-state index contributed by atoms with van der Waals surface area (Å²) in [6.45, 7) is 2.69. The molecule has 0 radical (unpaired) electrons. The number of ether oxygens (including phenoxy) is 1. The molecule has 3 atom stereocenters. The molecule has 0 saturated heterocycles. The average molecular weight is 228 g/mol. The molecule has 1 saturated carbocycles. The van der Waals surface area contributed by atoms with Gasteiger partial charge in [0.05, 0.1) is 18.6 Å². The highest BCUT2D eigenvalue weighted by Gasteiger charge is 2.31. The van der Waals surface area contributed by atoms with Crippen LogP contribution in [-0.4, -0.2) is 31.7 Å². The summed E-state index contributed by atoms with van der Waals surface area (Å²) in [6.07, 6.45) is 4.98. The highest BCUT2D eigenvalue weighted by atomic mass is 16.5. The van der Waals surface area contributed by atoms with Crippen molar-refractivity contribution in [3.63, 3.8) is 0 Å². The van der Waals surface area contributed by atoms with Crippen LogP contribution >= 0.6 is 0 Å². The van der Waals surface area contributed by atoms with E-state index in [1.807, 2.05) is 0 Å². The summed E-state index contributed by atoms with van der Waals surface area (Å²) < 4.78 is 5.10. The number of hydrogen-bond donors (Lipinski definition) is 2. The maximum atomic E-state index is 12.0. The minimum atomic E-state index is 0.0104. The van der Waals surface area contributed by atoms with Crippen molar-refractivity contribution in [3.05, 3.63) is 0 Å². The number of nitrogens with one attached hydrogen (secondary N) is 1. The number of amides is 1. The quantitative estimate of drug-likeness (QED) is 0.714. The van der Waals surface area contributed by atoms with Crippen molar-refractivity contribution >= 4 is 5.91 Å². The van der Waals surface area contributed by atoms with E-state index in [0.29, 0.717) is 6.61 Å². The predicted octanol–water partition coefficient (Wildman–Crippen LogP) is 1.05. The molecule has 0 aromatic carbocycles. The van der Waals surface area contributed by atoms with Crippen LogP contribution in [0, 0.1) is 5.92 Å². The molecule has 0 bridgehead atoms. The van der Waals surface area contributed by atoms with Gasteiger partial charge in [-0.1, -0.05) is 19.8 Å². The Morgan fingerprint density at radius 3 is 2.81 bits per heavy atom. The van der Waals surface area contributed by atoms with Gasteiger partial charge in [0.2, 0.25) is 5.91 Å². The zero-order valence-electron chi connectivity index (χ0n) is 10.4. The Morgan fingerprint density at radius 1 is 1.56 bits per heavy atom. The molecule has 0 aliphatic heterocycles. The number of rotatable bonds is 6. The summed E-state index contributed by atoms with van der Waals surface area (Å²) in [6, 6.07) is 0.181. The van der Waals surface area contributed by atoms with Crippen molar-refractivity contribution in [2.45, 2.75) is 51.1 Å². The van der Waals surface area contributed by atoms with Crippen LogP contribution in [0.3, 0.4) is 0 Å². The molecule has 4 heteroatoms. The summed E-state index contributed by atoms with van der Waals surface area (Å²) in [4.78, 5) is 12.0. The zero-order chi connectivity index (χ0) is 12.0. The van der Waals surface area contributed by atoms with Crippen LogP contribution < -0.4 is 11.1 Å². The van der Waals surface area contributed by atoms with E-state index in [2.05, 4.69) is 12.2 Å². The second kappa shape index (κ2) is 6.86. The van der Waals surface area contributed by atoms with Gasteiger partial charge in [-0.25, -0.2) is 0 Å². The topological polar surface area (TPSA) is 64.3 Å². The van der Waals surface area contributed by atoms with Crippen LogP contribution in [0.5, 0.6) is 0 Å². The first kappa shape index (κ1) is 13.5. The molecule has 1 rings (SSSR count). The van der Waals surface area contributed by atoms with Gasteiger partial charge < -0.3 is 15.8 Å². The normalized spacial score (nSPS) is 26.7.